The molecule has 5 heteroatoms. The van der Waals surface area contributed by atoms with Crippen molar-refractivity contribution < 1.29 is 18.3 Å². The second-order valence-electron chi connectivity index (χ2n) is 4.52. The Kier molecular flexibility index (Phi) is 3.90. The Morgan fingerprint density at radius 3 is 2.20 bits per heavy atom. The molecule has 0 bridgehead atoms. The van der Waals surface area contributed by atoms with Crippen molar-refractivity contribution in [2.45, 2.75) is 11.3 Å². The Bertz CT molecular complexity index is 731. The van der Waals surface area contributed by atoms with Crippen LogP contribution in [0, 0.1) is 0 Å². The van der Waals surface area contributed by atoms with E-state index in [1.165, 1.54) is 12.1 Å². The van der Waals surface area contributed by atoms with E-state index < -0.39 is 15.8 Å². The third-order valence-corrected chi connectivity index (χ3v) is 4.08. The van der Waals surface area contributed by atoms with Crippen molar-refractivity contribution in [2.75, 3.05) is 6.26 Å². The number of benzene rings is 2. The summed E-state index contributed by atoms with van der Waals surface area (Å²) in [5.41, 5.74) is 2.30. The van der Waals surface area contributed by atoms with E-state index >= 15 is 0 Å². The van der Waals surface area contributed by atoms with Gasteiger partial charge in [0.25, 0.3) is 0 Å². The summed E-state index contributed by atoms with van der Waals surface area (Å²) in [5.74, 6) is -0.898. The Morgan fingerprint density at radius 2 is 1.65 bits per heavy atom. The minimum absolute atomic E-state index is 0.0655. The molecule has 104 valence electrons. The Morgan fingerprint density at radius 1 is 1.05 bits per heavy atom. The predicted octanol–water partition coefficient (Wildman–Crippen LogP) is 2.38. The van der Waals surface area contributed by atoms with Crippen molar-refractivity contribution in [2.24, 2.45) is 0 Å². The van der Waals surface area contributed by atoms with Crippen LogP contribution in [0.25, 0.3) is 11.1 Å². The maximum Gasteiger partial charge on any atom is 0.307 e. The lowest BCUT2D eigenvalue weighted by Gasteiger charge is -2.08. The lowest BCUT2D eigenvalue weighted by atomic mass is 9.98. The van der Waals surface area contributed by atoms with Crippen LogP contribution in [-0.4, -0.2) is 25.7 Å². The van der Waals surface area contributed by atoms with Gasteiger partial charge in [-0.1, -0.05) is 36.4 Å². The second kappa shape index (κ2) is 5.46. The molecule has 0 aliphatic carbocycles. The number of aliphatic carboxylic acids is 1. The molecule has 20 heavy (non-hydrogen) atoms. The maximum atomic E-state index is 11.4. The highest BCUT2D eigenvalue weighted by molar-refractivity contribution is 7.90. The van der Waals surface area contributed by atoms with Crippen LogP contribution in [-0.2, 0) is 21.1 Å². The number of carboxylic acids is 1. The molecule has 2 aromatic rings. The molecule has 0 spiro atoms. The highest BCUT2D eigenvalue weighted by Crippen LogP contribution is 2.25. The fourth-order valence-electron chi connectivity index (χ4n) is 2.00. The zero-order chi connectivity index (χ0) is 14.8. The van der Waals surface area contributed by atoms with Crippen LogP contribution < -0.4 is 0 Å². The molecule has 2 aromatic carbocycles. The molecule has 0 aliphatic heterocycles. The number of sulfone groups is 1. The van der Waals surface area contributed by atoms with Crippen molar-refractivity contribution in [3.63, 3.8) is 0 Å². The normalized spacial score (nSPS) is 11.2. The topological polar surface area (TPSA) is 71.4 Å². The molecule has 0 amide bonds. The summed E-state index contributed by atoms with van der Waals surface area (Å²) in [5, 5.41) is 8.91. The SMILES string of the molecule is CS(=O)(=O)c1ccc(-c2ccccc2CC(=O)O)cc1. The average molecular weight is 290 g/mol. The molecule has 0 aliphatic rings. The molecule has 4 nitrogen and oxygen atoms in total. The first kappa shape index (κ1) is 14.3. The molecule has 0 aromatic heterocycles. The molecule has 2 rings (SSSR count). The quantitative estimate of drug-likeness (QED) is 0.938. The van der Waals surface area contributed by atoms with E-state index in [1.807, 2.05) is 12.1 Å². The highest BCUT2D eigenvalue weighted by Gasteiger charge is 2.10. The van der Waals surface area contributed by atoms with Gasteiger partial charge in [0.15, 0.2) is 9.84 Å². The number of rotatable bonds is 4. The number of hydrogen-bond acceptors (Lipinski definition) is 3. The zero-order valence-electron chi connectivity index (χ0n) is 10.9. The predicted molar refractivity (Wildman–Crippen MR) is 76.3 cm³/mol. The van der Waals surface area contributed by atoms with Gasteiger partial charge in [0.05, 0.1) is 11.3 Å². The Balaban J connectivity index is 2.44. The van der Waals surface area contributed by atoms with Gasteiger partial charge in [-0.05, 0) is 28.8 Å². The van der Waals surface area contributed by atoms with Crippen LogP contribution in [0.15, 0.2) is 53.4 Å². The van der Waals surface area contributed by atoms with Crippen LogP contribution in [0.5, 0.6) is 0 Å². The van der Waals surface area contributed by atoms with E-state index in [-0.39, 0.29) is 11.3 Å². The number of hydrogen-bond donors (Lipinski definition) is 1. The first-order chi connectivity index (χ1) is 9.38. The molecule has 0 saturated heterocycles. The van der Waals surface area contributed by atoms with Crippen molar-refractivity contribution in [1.82, 2.24) is 0 Å². The summed E-state index contributed by atoms with van der Waals surface area (Å²) >= 11 is 0. The minimum Gasteiger partial charge on any atom is -0.481 e. The van der Waals surface area contributed by atoms with E-state index in [9.17, 15) is 13.2 Å². The van der Waals surface area contributed by atoms with E-state index in [0.717, 1.165) is 17.4 Å². The third-order valence-electron chi connectivity index (χ3n) is 2.95. The highest BCUT2D eigenvalue weighted by atomic mass is 32.2. The smallest absolute Gasteiger partial charge is 0.307 e. The summed E-state index contributed by atoms with van der Waals surface area (Å²) in [7, 11) is -3.23. The molecular weight excluding hydrogens is 276 g/mol. The molecule has 0 fully saturated rings. The van der Waals surface area contributed by atoms with E-state index in [4.69, 9.17) is 5.11 Å². The largest absolute Gasteiger partial charge is 0.481 e. The van der Waals surface area contributed by atoms with Gasteiger partial charge in [0.1, 0.15) is 0 Å². The van der Waals surface area contributed by atoms with E-state index in [2.05, 4.69) is 0 Å². The van der Waals surface area contributed by atoms with Gasteiger partial charge in [0, 0.05) is 6.26 Å². The minimum atomic E-state index is -3.23. The fourth-order valence-corrected chi connectivity index (χ4v) is 2.63. The van der Waals surface area contributed by atoms with Gasteiger partial charge in [0.2, 0.25) is 0 Å². The molecule has 0 saturated carbocycles. The van der Waals surface area contributed by atoms with Gasteiger partial charge in [-0.2, -0.15) is 0 Å². The van der Waals surface area contributed by atoms with Gasteiger partial charge in [-0.3, -0.25) is 4.79 Å². The first-order valence-corrected chi connectivity index (χ1v) is 7.87. The standard InChI is InChI=1S/C15H14O4S/c1-20(18,19)13-8-6-11(7-9-13)14-5-3-2-4-12(14)10-15(16)17/h2-9H,10H2,1H3,(H,16,17). The van der Waals surface area contributed by atoms with Crippen molar-refractivity contribution in [3.8, 4) is 11.1 Å². The van der Waals surface area contributed by atoms with Crippen molar-refractivity contribution >= 4 is 15.8 Å². The Hall–Kier alpha value is -2.14. The molecule has 0 heterocycles. The van der Waals surface area contributed by atoms with Crippen molar-refractivity contribution in [1.29, 1.82) is 0 Å². The van der Waals surface area contributed by atoms with Gasteiger partial charge < -0.3 is 5.11 Å². The monoisotopic (exact) mass is 290 g/mol. The van der Waals surface area contributed by atoms with Crippen LogP contribution in [0.4, 0.5) is 0 Å². The first-order valence-electron chi connectivity index (χ1n) is 5.98. The van der Waals surface area contributed by atoms with Gasteiger partial charge in [-0.15, -0.1) is 0 Å². The summed E-state index contributed by atoms with van der Waals surface area (Å²) in [6.45, 7) is 0. The number of carboxylic acid groups (broad SMARTS) is 1. The second-order valence-corrected chi connectivity index (χ2v) is 6.54. The molecular formula is C15H14O4S. The molecule has 0 atom stereocenters. The van der Waals surface area contributed by atoms with Crippen LogP contribution in [0.3, 0.4) is 0 Å². The fraction of sp³-hybridized carbons (Fsp3) is 0.133. The van der Waals surface area contributed by atoms with Gasteiger partial charge >= 0.3 is 5.97 Å². The van der Waals surface area contributed by atoms with Crippen LogP contribution in [0.2, 0.25) is 0 Å². The summed E-state index contributed by atoms with van der Waals surface area (Å²) in [6.07, 6.45) is 1.09. The molecule has 0 radical (unpaired) electrons. The van der Waals surface area contributed by atoms with E-state index in [1.54, 1.807) is 24.3 Å². The molecule has 1 N–H and O–H groups in total. The van der Waals surface area contributed by atoms with Gasteiger partial charge in [-0.25, -0.2) is 8.42 Å². The summed E-state index contributed by atoms with van der Waals surface area (Å²) in [6, 6.07) is 13.6. The zero-order valence-corrected chi connectivity index (χ0v) is 11.7. The summed E-state index contributed by atoms with van der Waals surface area (Å²) in [4.78, 5) is 11.1. The van der Waals surface area contributed by atoms with Crippen molar-refractivity contribution in [3.05, 3.63) is 54.1 Å². The summed E-state index contributed by atoms with van der Waals surface area (Å²) < 4.78 is 22.8. The van der Waals surface area contributed by atoms with Crippen LogP contribution >= 0.6 is 0 Å². The molecule has 0 unspecified atom stereocenters. The number of carbonyl (C=O) groups is 1. The van der Waals surface area contributed by atoms with Crippen LogP contribution in [0.1, 0.15) is 5.56 Å². The third kappa shape index (κ3) is 3.24. The Labute approximate surface area is 117 Å². The van der Waals surface area contributed by atoms with E-state index in [0.29, 0.717) is 5.56 Å². The maximum absolute atomic E-state index is 11.4. The lowest BCUT2D eigenvalue weighted by molar-refractivity contribution is -0.136. The lowest BCUT2D eigenvalue weighted by Crippen LogP contribution is -2.02. The average Bonchev–Trinajstić information content (AvgIpc) is 2.38.